The molecule has 0 radical (unpaired) electrons. The van der Waals surface area contributed by atoms with E-state index < -0.39 is 0 Å². The number of hydrogen-bond acceptors (Lipinski definition) is 2. The van der Waals surface area contributed by atoms with Crippen LogP contribution in [0.25, 0.3) is 0 Å². The summed E-state index contributed by atoms with van der Waals surface area (Å²) in [5, 5.41) is 0. The van der Waals surface area contributed by atoms with E-state index in [1.54, 1.807) is 11.3 Å². The summed E-state index contributed by atoms with van der Waals surface area (Å²) in [6.45, 7) is 2.04. The van der Waals surface area contributed by atoms with E-state index in [2.05, 4.69) is 16.8 Å². The van der Waals surface area contributed by atoms with E-state index in [1.807, 2.05) is 18.6 Å². The first-order chi connectivity index (χ1) is 4.39. The first-order valence-electron chi connectivity index (χ1n) is 2.70. The summed E-state index contributed by atoms with van der Waals surface area (Å²) in [4.78, 5) is 5.11. The molecular formula is C7H8BrNS. The van der Waals surface area contributed by atoms with Crippen LogP contribution >= 0.6 is 28.3 Å². The molecule has 1 nitrogen and oxygen atoms in total. The Bertz CT molecular complexity index is 213. The lowest BCUT2D eigenvalue weighted by molar-refractivity contribution is 1.39. The van der Waals surface area contributed by atoms with E-state index >= 15 is 0 Å². The molecule has 1 aromatic rings. The first-order valence-corrected chi connectivity index (χ1v) is 3.58. The summed E-state index contributed by atoms with van der Waals surface area (Å²) >= 11 is 1.67. The van der Waals surface area contributed by atoms with Crippen molar-refractivity contribution < 1.29 is 0 Å². The molecule has 0 aliphatic heterocycles. The number of rotatable bonds is 0. The van der Waals surface area contributed by atoms with Crippen LogP contribution in [0.2, 0.25) is 0 Å². The highest BCUT2D eigenvalue weighted by atomic mass is 79.9. The lowest BCUT2D eigenvalue weighted by Crippen LogP contribution is -1.48. The zero-order valence-electron chi connectivity index (χ0n) is 5.63. The van der Waals surface area contributed by atoms with Gasteiger partial charge in [-0.05, 0) is 6.92 Å². The molecule has 0 amide bonds. The summed E-state index contributed by atoms with van der Waals surface area (Å²) < 4.78 is 0. The van der Waals surface area contributed by atoms with Crippen molar-refractivity contribution in [2.75, 3.05) is 0 Å². The zero-order chi connectivity index (χ0) is 6.53. The SMILES string of the molecule is Br.C1#CC1.Cc1cncs1. The number of nitrogens with zero attached hydrogens (tertiary/aromatic N) is 1. The van der Waals surface area contributed by atoms with Gasteiger partial charge in [0.1, 0.15) is 0 Å². The number of hydrogen-bond donors (Lipinski definition) is 0. The minimum absolute atomic E-state index is 0. The second-order valence-corrected chi connectivity index (χ2v) is 2.73. The van der Waals surface area contributed by atoms with Gasteiger partial charge in [0.25, 0.3) is 0 Å². The average molecular weight is 218 g/mol. The van der Waals surface area contributed by atoms with E-state index in [0.717, 1.165) is 6.42 Å². The largest absolute Gasteiger partial charge is 0.253 e. The van der Waals surface area contributed by atoms with Crippen LogP contribution in [0.15, 0.2) is 11.7 Å². The van der Waals surface area contributed by atoms with Gasteiger partial charge in [-0.25, -0.2) is 0 Å². The van der Waals surface area contributed by atoms with Gasteiger partial charge in [0.15, 0.2) is 0 Å². The molecule has 0 spiro atoms. The minimum Gasteiger partial charge on any atom is -0.253 e. The zero-order valence-corrected chi connectivity index (χ0v) is 8.16. The Kier molecular flexibility index (Phi) is 5.27. The Hall–Kier alpha value is -0.330. The fourth-order valence-electron chi connectivity index (χ4n) is 0.279. The molecule has 0 aromatic carbocycles. The van der Waals surface area contributed by atoms with Gasteiger partial charge in [0.2, 0.25) is 0 Å². The van der Waals surface area contributed by atoms with Crippen molar-refractivity contribution in [2.45, 2.75) is 13.3 Å². The monoisotopic (exact) mass is 217 g/mol. The standard InChI is InChI=1S/C4H5NS.C3H2.BrH/c1-4-2-5-3-6-4;1-2-3-1;/h2-3H,1H3;1H2;1H. The highest BCUT2D eigenvalue weighted by molar-refractivity contribution is 8.93. The summed E-state index contributed by atoms with van der Waals surface area (Å²) in [5.41, 5.74) is 1.83. The van der Waals surface area contributed by atoms with Crippen molar-refractivity contribution in [2.24, 2.45) is 0 Å². The van der Waals surface area contributed by atoms with Gasteiger partial charge in [-0.2, -0.15) is 0 Å². The van der Waals surface area contributed by atoms with Gasteiger partial charge in [0.05, 0.1) is 11.9 Å². The predicted molar refractivity (Wildman–Crippen MR) is 49.6 cm³/mol. The van der Waals surface area contributed by atoms with E-state index in [4.69, 9.17) is 0 Å². The Morgan fingerprint density at radius 1 is 1.60 bits per heavy atom. The van der Waals surface area contributed by atoms with Gasteiger partial charge in [0, 0.05) is 11.1 Å². The Morgan fingerprint density at radius 3 is 2.30 bits per heavy atom. The second kappa shape index (κ2) is 5.45. The molecule has 1 aliphatic rings. The fourth-order valence-corrected chi connectivity index (χ4v) is 0.689. The molecule has 0 N–H and O–H groups in total. The van der Waals surface area contributed by atoms with Crippen molar-refractivity contribution in [3.05, 3.63) is 16.6 Å². The topological polar surface area (TPSA) is 12.9 Å². The summed E-state index contributed by atoms with van der Waals surface area (Å²) in [6.07, 6.45) is 2.85. The number of halogens is 1. The van der Waals surface area contributed by atoms with Crippen LogP contribution in [0.3, 0.4) is 0 Å². The van der Waals surface area contributed by atoms with Crippen LogP contribution in [-0.4, -0.2) is 4.98 Å². The molecular weight excluding hydrogens is 210 g/mol. The second-order valence-electron chi connectivity index (χ2n) is 1.64. The molecule has 10 heavy (non-hydrogen) atoms. The maximum Gasteiger partial charge on any atom is 0.0794 e. The highest BCUT2D eigenvalue weighted by Crippen LogP contribution is 1.99. The quantitative estimate of drug-likeness (QED) is 0.609. The molecule has 0 saturated heterocycles. The Labute approximate surface area is 75.3 Å². The molecule has 3 heteroatoms. The van der Waals surface area contributed by atoms with Crippen LogP contribution in [0, 0.1) is 18.8 Å². The van der Waals surface area contributed by atoms with Gasteiger partial charge < -0.3 is 0 Å². The van der Waals surface area contributed by atoms with E-state index in [1.165, 1.54) is 4.88 Å². The molecule has 0 unspecified atom stereocenters. The smallest absolute Gasteiger partial charge is 0.0794 e. The van der Waals surface area contributed by atoms with Crippen LogP contribution in [0.1, 0.15) is 11.3 Å². The van der Waals surface area contributed by atoms with E-state index in [9.17, 15) is 0 Å². The average Bonchev–Trinajstić information content (AvgIpc) is 2.64. The summed E-state index contributed by atoms with van der Waals surface area (Å²) in [6, 6.07) is 0. The maximum atomic E-state index is 3.84. The third-order valence-corrected chi connectivity index (χ3v) is 1.44. The molecule has 1 aliphatic carbocycles. The molecule has 0 fully saturated rings. The Balaban J connectivity index is 0.000000174. The molecule has 0 saturated carbocycles. The normalized spacial score (nSPS) is 9.30. The van der Waals surface area contributed by atoms with Gasteiger partial charge >= 0.3 is 0 Å². The third-order valence-electron chi connectivity index (χ3n) is 0.733. The predicted octanol–water partition coefficient (Wildman–Crippen LogP) is 2.42. The van der Waals surface area contributed by atoms with Gasteiger partial charge in [-0.15, -0.1) is 28.3 Å². The molecule has 1 aromatic heterocycles. The molecule has 0 atom stereocenters. The third kappa shape index (κ3) is 5.80. The lowest BCUT2D eigenvalue weighted by atomic mass is 10.7. The van der Waals surface area contributed by atoms with Crippen molar-refractivity contribution in [1.82, 2.24) is 4.98 Å². The maximum absolute atomic E-state index is 3.84. The number of thiazole rings is 1. The van der Waals surface area contributed by atoms with Crippen molar-refractivity contribution >= 4 is 28.3 Å². The minimum atomic E-state index is 0. The van der Waals surface area contributed by atoms with Crippen LogP contribution in [0.4, 0.5) is 0 Å². The van der Waals surface area contributed by atoms with E-state index in [-0.39, 0.29) is 17.0 Å². The first kappa shape index (κ1) is 9.67. The van der Waals surface area contributed by atoms with Crippen molar-refractivity contribution in [1.29, 1.82) is 0 Å². The van der Waals surface area contributed by atoms with E-state index in [0.29, 0.717) is 0 Å². The fraction of sp³-hybridized carbons (Fsp3) is 0.286. The highest BCUT2D eigenvalue weighted by Gasteiger charge is 1.76. The summed E-state index contributed by atoms with van der Waals surface area (Å²) in [7, 11) is 0. The molecule has 2 rings (SSSR count). The molecule has 1 heterocycles. The van der Waals surface area contributed by atoms with Crippen molar-refractivity contribution in [3.8, 4) is 11.8 Å². The van der Waals surface area contributed by atoms with Crippen LogP contribution in [-0.2, 0) is 0 Å². The van der Waals surface area contributed by atoms with Gasteiger partial charge in [-0.3, -0.25) is 4.98 Å². The van der Waals surface area contributed by atoms with Crippen molar-refractivity contribution in [3.63, 3.8) is 0 Å². The van der Waals surface area contributed by atoms with Crippen LogP contribution < -0.4 is 0 Å². The van der Waals surface area contributed by atoms with Gasteiger partial charge in [-0.1, -0.05) is 11.8 Å². The van der Waals surface area contributed by atoms with Crippen LogP contribution in [0.5, 0.6) is 0 Å². The summed E-state index contributed by atoms with van der Waals surface area (Å²) in [5.74, 6) is 5.50. The Morgan fingerprint density at radius 2 is 2.20 bits per heavy atom. The molecule has 0 bridgehead atoms. The lowest BCUT2D eigenvalue weighted by Gasteiger charge is -1.63. The molecule has 54 valence electrons. The number of aryl methyl sites for hydroxylation is 1. The number of aromatic nitrogens is 1.